The number of fused-ring (bicyclic) bond motifs is 1. The fourth-order valence-corrected chi connectivity index (χ4v) is 1.47. The summed E-state index contributed by atoms with van der Waals surface area (Å²) >= 11 is 0. The molecule has 1 aliphatic rings. The highest BCUT2D eigenvalue weighted by Crippen LogP contribution is 2.12. The average molecular weight is 155 g/mol. The molecular weight excluding hydrogens is 145 g/mol. The maximum absolute atomic E-state index is 4.22. The van der Waals surface area contributed by atoms with Crippen molar-refractivity contribution >= 4 is 9.39 Å². The van der Waals surface area contributed by atoms with Crippen LogP contribution in [-0.4, -0.2) is 20.8 Å². The lowest BCUT2D eigenvalue weighted by molar-refractivity contribution is 0.367. The molecule has 0 saturated heterocycles. The second-order valence-electron chi connectivity index (χ2n) is 2.51. The Balaban J connectivity index is 2.30. The van der Waals surface area contributed by atoms with Crippen LogP contribution in [0.25, 0.3) is 0 Å². The van der Waals surface area contributed by atoms with Crippen LogP contribution in [0.2, 0.25) is 0 Å². The molecule has 1 atom stereocenters. The first-order chi connectivity index (χ1) is 4.86. The smallest absolute Gasteiger partial charge is 0.123 e. The van der Waals surface area contributed by atoms with E-state index in [-0.39, 0.29) is 0 Å². The number of aromatic nitrogens is 2. The number of imidazole rings is 1. The van der Waals surface area contributed by atoms with Crippen molar-refractivity contribution in [3.05, 3.63) is 18.2 Å². The molecular formula is C6H10N3P. The van der Waals surface area contributed by atoms with Gasteiger partial charge in [-0.1, -0.05) is 9.39 Å². The quantitative estimate of drug-likeness (QED) is 0.508. The van der Waals surface area contributed by atoms with E-state index in [1.54, 1.807) is 0 Å². The molecule has 0 spiro atoms. The average Bonchev–Trinajstić information content (AvgIpc) is 2.33. The summed E-state index contributed by atoms with van der Waals surface area (Å²) in [6.07, 6.45) is 3.90. The molecule has 1 unspecified atom stereocenters. The summed E-state index contributed by atoms with van der Waals surface area (Å²) in [6.45, 7) is 3.13. The SMILES string of the molecule is PN1CCn2ccnc2C1. The van der Waals surface area contributed by atoms with Crippen molar-refractivity contribution in [3.8, 4) is 0 Å². The van der Waals surface area contributed by atoms with Gasteiger partial charge in [0.2, 0.25) is 0 Å². The van der Waals surface area contributed by atoms with Crippen LogP contribution < -0.4 is 0 Å². The van der Waals surface area contributed by atoms with Gasteiger partial charge in [0.1, 0.15) is 5.82 Å². The Morgan fingerprint density at radius 2 is 2.40 bits per heavy atom. The maximum Gasteiger partial charge on any atom is 0.123 e. The predicted octanol–water partition coefficient (Wildman–Crippen LogP) is 0.489. The molecule has 1 aromatic rings. The summed E-state index contributed by atoms with van der Waals surface area (Å²) in [4.78, 5) is 4.22. The predicted molar refractivity (Wildman–Crippen MR) is 42.3 cm³/mol. The second kappa shape index (κ2) is 2.33. The third kappa shape index (κ3) is 0.957. The van der Waals surface area contributed by atoms with Gasteiger partial charge >= 0.3 is 0 Å². The van der Waals surface area contributed by atoms with Crippen molar-refractivity contribution < 1.29 is 0 Å². The van der Waals surface area contributed by atoms with E-state index in [1.807, 2.05) is 12.4 Å². The van der Waals surface area contributed by atoms with Crippen LogP contribution in [0.1, 0.15) is 5.82 Å². The largest absolute Gasteiger partial charge is 0.333 e. The van der Waals surface area contributed by atoms with E-state index in [9.17, 15) is 0 Å². The van der Waals surface area contributed by atoms with Gasteiger partial charge in [-0.2, -0.15) is 0 Å². The van der Waals surface area contributed by atoms with Crippen LogP contribution in [0.15, 0.2) is 12.4 Å². The van der Waals surface area contributed by atoms with Crippen LogP contribution in [0, 0.1) is 0 Å². The summed E-state index contributed by atoms with van der Waals surface area (Å²) in [5.74, 6) is 1.17. The van der Waals surface area contributed by atoms with E-state index in [4.69, 9.17) is 0 Å². The lowest BCUT2D eigenvalue weighted by atomic mass is 10.4. The molecule has 0 saturated carbocycles. The summed E-state index contributed by atoms with van der Waals surface area (Å²) in [6, 6.07) is 0. The van der Waals surface area contributed by atoms with Crippen LogP contribution in [-0.2, 0) is 13.1 Å². The van der Waals surface area contributed by atoms with Gasteiger partial charge in [-0.3, -0.25) is 4.67 Å². The van der Waals surface area contributed by atoms with Gasteiger partial charge < -0.3 is 4.57 Å². The molecule has 0 N–H and O–H groups in total. The van der Waals surface area contributed by atoms with Crippen LogP contribution in [0.3, 0.4) is 0 Å². The Kier molecular flexibility index (Phi) is 1.47. The fraction of sp³-hybridized carbons (Fsp3) is 0.500. The Bertz CT molecular complexity index is 233. The molecule has 0 radical (unpaired) electrons. The molecule has 4 heteroatoms. The molecule has 0 bridgehead atoms. The van der Waals surface area contributed by atoms with Crippen LogP contribution in [0.5, 0.6) is 0 Å². The number of rotatable bonds is 0. The van der Waals surface area contributed by atoms with Gasteiger partial charge in [0.05, 0.1) is 6.54 Å². The third-order valence-electron chi connectivity index (χ3n) is 1.77. The van der Waals surface area contributed by atoms with E-state index in [2.05, 4.69) is 23.6 Å². The standard InChI is InChI=1S/C6H10N3P/c10-9-4-3-8-2-1-7-6(8)5-9/h1-2H,3-5,10H2. The minimum Gasteiger partial charge on any atom is -0.333 e. The molecule has 0 aliphatic carbocycles. The van der Waals surface area contributed by atoms with Crippen LogP contribution in [0.4, 0.5) is 0 Å². The van der Waals surface area contributed by atoms with Crippen molar-refractivity contribution in [2.24, 2.45) is 0 Å². The van der Waals surface area contributed by atoms with Crippen molar-refractivity contribution in [2.45, 2.75) is 13.1 Å². The zero-order valence-electron chi connectivity index (χ0n) is 5.70. The van der Waals surface area contributed by atoms with Gasteiger partial charge in [-0.15, -0.1) is 0 Å². The molecule has 0 amide bonds. The Morgan fingerprint density at radius 3 is 3.30 bits per heavy atom. The molecule has 1 aromatic heterocycles. The molecule has 2 rings (SSSR count). The molecule has 3 nitrogen and oxygen atoms in total. The van der Waals surface area contributed by atoms with Gasteiger partial charge in [-0.25, -0.2) is 4.98 Å². The highest BCUT2D eigenvalue weighted by molar-refractivity contribution is 7.13. The summed E-state index contributed by atoms with van der Waals surface area (Å²) in [7, 11) is 2.70. The van der Waals surface area contributed by atoms with E-state index in [0.717, 1.165) is 19.6 Å². The van der Waals surface area contributed by atoms with Crippen molar-refractivity contribution in [1.29, 1.82) is 0 Å². The van der Waals surface area contributed by atoms with Gasteiger partial charge in [0.15, 0.2) is 0 Å². The molecule has 0 aromatic carbocycles. The Hall–Kier alpha value is -0.400. The van der Waals surface area contributed by atoms with Crippen molar-refractivity contribution in [2.75, 3.05) is 6.54 Å². The van der Waals surface area contributed by atoms with E-state index in [1.165, 1.54) is 5.82 Å². The van der Waals surface area contributed by atoms with E-state index in [0.29, 0.717) is 0 Å². The molecule has 2 heterocycles. The van der Waals surface area contributed by atoms with E-state index < -0.39 is 0 Å². The maximum atomic E-state index is 4.22. The number of hydrogen-bond acceptors (Lipinski definition) is 2. The highest BCUT2D eigenvalue weighted by atomic mass is 31.0. The van der Waals surface area contributed by atoms with Gasteiger partial charge in [0.25, 0.3) is 0 Å². The van der Waals surface area contributed by atoms with Crippen molar-refractivity contribution in [1.82, 2.24) is 14.2 Å². The fourth-order valence-electron chi connectivity index (χ4n) is 1.19. The lowest BCUT2D eigenvalue weighted by Gasteiger charge is -2.22. The first kappa shape index (κ1) is 6.32. The minimum atomic E-state index is 0.956. The topological polar surface area (TPSA) is 21.1 Å². The molecule has 1 aliphatic heterocycles. The lowest BCUT2D eigenvalue weighted by Crippen LogP contribution is -2.25. The summed E-state index contributed by atoms with van der Waals surface area (Å²) < 4.78 is 4.39. The zero-order valence-corrected chi connectivity index (χ0v) is 6.85. The second-order valence-corrected chi connectivity index (χ2v) is 3.24. The van der Waals surface area contributed by atoms with Crippen LogP contribution >= 0.6 is 9.39 Å². The first-order valence-electron chi connectivity index (χ1n) is 3.36. The number of nitrogens with zero attached hydrogens (tertiary/aromatic N) is 3. The molecule has 0 fully saturated rings. The molecule has 10 heavy (non-hydrogen) atoms. The normalized spacial score (nSPS) is 18.9. The number of hydrogen-bond donors (Lipinski definition) is 0. The first-order valence-corrected chi connectivity index (χ1v) is 3.87. The Labute approximate surface area is 62.3 Å². The minimum absolute atomic E-state index is 0.956. The van der Waals surface area contributed by atoms with Gasteiger partial charge in [-0.05, 0) is 0 Å². The van der Waals surface area contributed by atoms with E-state index >= 15 is 0 Å². The third-order valence-corrected chi connectivity index (χ3v) is 2.22. The monoisotopic (exact) mass is 155 g/mol. The van der Waals surface area contributed by atoms with Crippen molar-refractivity contribution in [3.63, 3.8) is 0 Å². The van der Waals surface area contributed by atoms with Gasteiger partial charge in [0, 0.05) is 25.5 Å². The summed E-state index contributed by atoms with van der Waals surface area (Å²) in [5.41, 5.74) is 0. The zero-order chi connectivity index (χ0) is 6.97. The Morgan fingerprint density at radius 1 is 1.50 bits per heavy atom. The summed E-state index contributed by atoms with van der Waals surface area (Å²) in [5, 5.41) is 0. The highest BCUT2D eigenvalue weighted by Gasteiger charge is 2.11. The molecule has 54 valence electrons.